The van der Waals surface area contributed by atoms with Gasteiger partial charge in [0.05, 0.1) is 19.8 Å². The lowest BCUT2D eigenvalue weighted by molar-refractivity contribution is 0.0837. The molecule has 130 valence electrons. The maximum Gasteiger partial charge on any atom is 0.226 e. The number of methoxy groups -OCH3 is 1. The van der Waals surface area contributed by atoms with Gasteiger partial charge < -0.3 is 20.1 Å². The van der Waals surface area contributed by atoms with Gasteiger partial charge in [0, 0.05) is 50.3 Å². The van der Waals surface area contributed by atoms with Crippen LogP contribution in [0.4, 0.5) is 5.95 Å². The second kappa shape index (κ2) is 8.07. The van der Waals surface area contributed by atoms with Crippen molar-refractivity contribution in [3.8, 4) is 5.88 Å². The van der Waals surface area contributed by atoms with Crippen molar-refractivity contribution in [2.75, 3.05) is 32.1 Å². The third-order valence-corrected chi connectivity index (χ3v) is 4.19. The molecule has 1 unspecified atom stereocenters. The van der Waals surface area contributed by atoms with Crippen molar-refractivity contribution in [1.82, 2.24) is 24.6 Å². The van der Waals surface area contributed by atoms with Crippen LogP contribution >= 0.6 is 0 Å². The summed E-state index contributed by atoms with van der Waals surface area (Å²) in [5.41, 5.74) is 0. The van der Waals surface area contributed by atoms with Crippen molar-refractivity contribution >= 4 is 5.95 Å². The molecule has 0 saturated carbocycles. The van der Waals surface area contributed by atoms with Gasteiger partial charge in [-0.2, -0.15) is 10.1 Å². The fourth-order valence-corrected chi connectivity index (χ4v) is 2.95. The topological polar surface area (TPSA) is 88.3 Å². The Morgan fingerprint density at radius 3 is 2.88 bits per heavy atom. The molecular weight excluding hydrogens is 308 g/mol. The molecule has 1 atom stereocenters. The molecule has 2 N–H and O–H groups in total. The largest absolute Gasteiger partial charge is 0.481 e. The molecule has 0 radical (unpaired) electrons. The van der Waals surface area contributed by atoms with Gasteiger partial charge in [-0.1, -0.05) is 0 Å². The number of β-amino-alcohol motifs (C(OH)–C–C–N with tert-alkyl or cyclic N) is 1. The van der Waals surface area contributed by atoms with Gasteiger partial charge in [0.15, 0.2) is 0 Å². The van der Waals surface area contributed by atoms with Gasteiger partial charge in [0.1, 0.15) is 0 Å². The van der Waals surface area contributed by atoms with E-state index in [1.807, 2.05) is 12.3 Å². The highest BCUT2D eigenvalue weighted by molar-refractivity contribution is 5.28. The molecular formula is C16H24N6O2. The number of likely N-dealkylation sites (tertiary alicyclic amines) is 1. The number of anilines is 1. The summed E-state index contributed by atoms with van der Waals surface area (Å²) in [5, 5.41) is 17.7. The van der Waals surface area contributed by atoms with Crippen molar-refractivity contribution in [3.63, 3.8) is 0 Å². The van der Waals surface area contributed by atoms with E-state index in [-0.39, 0.29) is 0 Å². The summed E-state index contributed by atoms with van der Waals surface area (Å²) in [7, 11) is 1.60. The molecule has 24 heavy (non-hydrogen) atoms. The van der Waals surface area contributed by atoms with Gasteiger partial charge in [-0.15, -0.1) is 0 Å². The molecule has 3 rings (SSSR count). The minimum atomic E-state index is -0.406. The zero-order valence-corrected chi connectivity index (χ0v) is 13.9. The van der Waals surface area contributed by atoms with E-state index in [0.717, 1.165) is 25.9 Å². The number of nitrogens with one attached hydrogen (secondary N) is 1. The Morgan fingerprint density at radius 2 is 2.17 bits per heavy atom. The summed E-state index contributed by atoms with van der Waals surface area (Å²) in [4.78, 5) is 10.8. The molecule has 0 spiro atoms. The van der Waals surface area contributed by atoms with Crippen LogP contribution in [0.25, 0.3) is 0 Å². The smallest absolute Gasteiger partial charge is 0.226 e. The predicted octanol–water partition coefficient (Wildman–Crippen LogP) is 0.619. The number of piperidine rings is 1. The maximum atomic E-state index is 10.2. The van der Waals surface area contributed by atoms with Crippen LogP contribution in [0.15, 0.2) is 30.7 Å². The number of nitrogens with zero attached hydrogens (tertiary/aromatic N) is 5. The number of rotatable bonds is 7. The van der Waals surface area contributed by atoms with Crippen molar-refractivity contribution in [1.29, 1.82) is 0 Å². The molecule has 1 aliphatic heterocycles. The van der Waals surface area contributed by atoms with Crippen molar-refractivity contribution in [2.24, 2.45) is 0 Å². The molecule has 1 saturated heterocycles. The van der Waals surface area contributed by atoms with E-state index in [1.165, 1.54) is 0 Å². The molecule has 0 amide bonds. The first-order valence-corrected chi connectivity index (χ1v) is 8.24. The highest BCUT2D eigenvalue weighted by Crippen LogP contribution is 2.16. The lowest BCUT2D eigenvalue weighted by Gasteiger charge is -2.33. The van der Waals surface area contributed by atoms with Gasteiger partial charge in [0.2, 0.25) is 11.8 Å². The number of aliphatic hydroxyl groups excluding tert-OH is 1. The van der Waals surface area contributed by atoms with Crippen molar-refractivity contribution in [3.05, 3.63) is 30.7 Å². The monoisotopic (exact) mass is 332 g/mol. The zero-order chi connectivity index (χ0) is 16.8. The van der Waals surface area contributed by atoms with Gasteiger partial charge in [-0.05, 0) is 18.9 Å². The number of hydrogen-bond acceptors (Lipinski definition) is 7. The molecule has 0 aromatic carbocycles. The van der Waals surface area contributed by atoms with E-state index in [0.29, 0.717) is 31.0 Å². The number of aromatic nitrogens is 4. The van der Waals surface area contributed by atoms with E-state index in [2.05, 4.69) is 25.3 Å². The highest BCUT2D eigenvalue weighted by atomic mass is 16.5. The third kappa shape index (κ3) is 4.65. The molecule has 1 fully saturated rings. The summed E-state index contributed by atoms with van der Waals surface area (Å²) in [6.07, 6.45) is 6.87. The Labute approximate surface area is 141 Å². The number of ether oxygens (including phenoxy) is 1. The van der Waals surface area contributed by atoms with Crippen LogP contribution in [0, 0.1) is 0 Å². The van der Waals surface area contributed by atoms with E-state index >= 15 is 0 Å². The third-order valence-electron chi connectivity index (χ3n) is 4.19. The Kier molecular flexibility index (Phi) is 5.60. The summed E-state index contributed by atoms with van der Waals surface area (Å²) < 4.78 is 6.88. The fourth-order valence-electron chi connectivity index (χ4n) is 2.95. The Hall–Kier alpha value is -2.19. The van der Waals surface area contributed by atoms with Crippen molar-refractivity contribution in [2.45, 2.75) is 31.5 Å². The lowest BCUT2D eigenvalue weighted by atomic mass is 10.0. The van der Waals surface area contributed by atoms with Crippen LogP contribution in [0.1, 0.15) is 12.8 Å². The van der Waals surface area contributed by atoms with Gasteiger partial charge in [-0.25, -0.2) is 4.98 Å². The molecule has 2 aromatic rings. The molecule has 8 nitrogen and oxygen atoms in total. The number of aliphatic hydroxyl groups is 1. The Morgan fingerprint density at radius 1 is 1.33 bits per heavy atom. The highest BCUT2D eigenvalue weighted by Gasteiger charge is 2.21. The van der Waals surface area contributed by atoms with Crippen molar-refractivity contribution < 1.29 is 9.84 Å². The van der Waals surface area contributed by atoms with Crippen LogP contribution in [0.3, 0.4) is 0 Å². The second-order valence-electron chi connectivity index (χ2n) is 6.02. The molecule has 2 aromatic heterocycles. The van der Waals surface area contributed by atoms with Gasteiger partial charge >= 0.3 is 0 Å². The standard InChI is InChI=1S/C16H24N6O2/c1-24-15-3-7-17-16(20-15)19-13-4-9-21(10-5-13)11-14(23)12-22-8-2-6-18-22/h2-3,6-8,13-14,23H,4-5,9-12H2,1H3,(H,17,19,20). The van der Waals surface area contributed by atoms with Gasteiger partial charge in [-0.3, -0.25) is 4.68 Å². The first kappa shape index (κ1) is 16.7. The van der Waals surface area contributed by atoms with Crippen LogP contribution in [0.2, 0.25) is 0 Å². The van der Waals surface area contributed by atoms with Crippen LogP contribution in [-0.4, -0.2) is 68.6 Å². The first-order valence-electron chi connectivity index (χ1n) is 8.24. The predicted molar refractivity (Wildman–Crippen MR) is 89.9 cm³/mol. The number of hydrogen-bond donors (Lipinski definition) is 2. The molecule has 3 heterocycles. The normalized spacial score (nSPS) is 17.6. The van der Waals surface area contributed by atoms with Crippen LogP contribution < -0.4 is 10.1 Å². The van der Waals surface area contributed by atoms with E-state index in [4.69, 9.17) is 4.74 Å². The molecule has 0 aliphatic carbocycles. The summed E-state index contributed by atoms with van der Waals surface area (Å²) in [5.74, 6) is 1.16. The summed E-state index contributed by atoms with van der Waals surface area (Å²) in [6, 6.07) is 3.94. The Balaban J connectivity index is 1.42. The fraction of sp³-hybridized carbons (Fsp3) is 0.562. The quantitative estimate of drug-likeness (QED) is 0.768. The maximum absolute atomic E-state index is 10.2. The second-order valence-corrected chi connectivity index (χ2v) is 6.02. The lowest BCUT2D eigenvalue weighted by Crippen LogP contribution is -2.43. The van der Waals surface area contributed by atoms with E-state index < -0.39 is 6.10 Å². The summed E-state index contributed by atoms with van der Waals surface area (Å²) in [6.45, 7) is 3.08. The molecule has 8 heteroatoms. The average molecular weight is 332 g/mol. The summed E-state index contributed by atoms with van der Waals surface area (Å²) >= 11 is 0. The van der Waals surface area contributed by atoms with E-state index in [9.17, 15) is 5.11 Å². The molecule has 0 bridgehead atoms. The minimum absolute atomic E-state index is 0.344. The SMILES string of the molecule is COc1ccnc(NC2CCN(CC(O)Cn3cccn3)CC2)n1. The van der Waals surface area contributed by atoms with Crippen LogP contribution in [-0.2, 0) is 6.54 Å². The first-order chi connectivity index (χ1) is 11.7. The van der Waals surface area contributed by atoms with E-state index in [1.54, 1.807) is 30.3 Å². The minimum Gasteiger partial charge on any atom is -0.481 e. The molecule has 1 aliphatic rings. The van der Waals surface area contributed by atoms with Crippen LogP contribution in [0.5, 0.6) is 5.88 Å². The zero-order valence-electron chi connectivity index (χ0n) is 13.9. The average Bonchev–Trinajstić information content (AvgIpc) is 3.09. The van der Waals surface area contributed by atoms with Gasteiger partial charge in [0.25, 0.3) is 0 Å². The Bertz CT molecular complexity index is 613.